The van der Waals surface area contributed by atoms with E-state index in [-0.39, 0.29) is 5.60 Å². The number of aromatic nitrogens is 1. The lowest BCUT2D eigenvalue weighted by Gasteiger charge is -2.41. The largest absolute Gasteiger partial charge is 0.487 e. The molecule has 2 aromatic carbocycles. The van der Waals surface area contributed by atoms with Crippen molar-refractivity contribution in [3.8, 4) is 16.9 Å². The van der Waals surface area contributed by atoms with Gasteiger partial charge in [0.1, 0.15) is 11.4 Å². The van der Waals surface area contributed by atoms with E-state index in [1.165, 1.54) is 5.56 Å². The highest BCUT2D eigenvalue weighted by Crippen LogP contribution is 2.41. The monoisotopic (exact) mass is 364 g/mol. The molecule has 0 aliphatic carbocycles. The average molecular weight is 365 g/mol. The molecule has 0 bridgehead atoms. The van der Waals surface area contributed by atoms with E-state index < -0.39 is 0 Å². The minimum atomic E-state index is 0.0320. The van der Waals surface area contributed by atoms with Gasteiger partial charge in [0.25, 0.3) is 0 Å². The molecule has 0 radical (unpaired) electrons. The Labute approximate surface area is 158 Å². The van der Waals surface area contributed by atoms with Gasteiger partial charge in [-0.15, -0.1) is 0 Å². The fourth-order valence-electron chi connectivity index (χ4n) is 4.26. The summed E-state index contributed by atoms with van der Waals surface area (Å²) in [6, 6.07) is 14.6. The van der Waals surface area contributed by atoms with Crippen LogP contribution in [0.2, 0.25) is 5.02 Å². The average Bonchev–Trinajstić information content (AvgIpc) is 2.69. The first-order valence-corrected chi connectivity index (χ1v) is 9.68. The number of nitrogens with zero attached hydrogens (tertiary/aromatic N) is 1. The van der Waals surface area contributed by atoms with E-state index in [4.69, 9.17) is 16.3 Å². The molecule has 1 aromatic heterocycles. The SMILES string of the molecule is Clc1c(-c2ccc3c(c2)CCC2(CCNCC2)O3)ccc2cccnc12. The lowest BCUT2D eigenvalue weighted by Crippen LogP contribution is -2.48. The van der Waals surface area contributed by atoms with E-state index in [0.717, 1.165) is 71.6 Å². The van der Waals surface area contributed by atoms with Crippen LogP contribution in [0.4, 0.5) is 0 Å². The predicted octanol–water partition coefficient (Wildman–Crippen LogP) is 5.00. The van der Waals surface area contributed by atoms with Gasteiger partial charge in [-0.25, -0.2) is 0 Å². The van der Waals surface area contributed by atoms with E-state index >= 15 is 0 Å². The van der Waals surface area contributed by atoms with E-state index in [1.807, 2.05) is 12.1 Å². The molecule has 1 saturated heterocycles. The molecule has 0 atom stereocenters. The number of nitrogens with one attached hydrogen (secondary N) is 1. The van der Waals surface area contributed by atoms with Crippen LogP contribution in [0.1, 0.15) is 24.8 Å². The maximum absolute atomic E-state index is 6.68. The smallest absolute Gasteiger partial charge is 0.123 e. The first kappa shape index (κ1) is 16.1. The van der Waals surface area contributed by atoms with Crippen LogP contribution < -0.4 is 10.1 Å². The number of pyridine rings is 1. The Bertz CT molecular complexity index is 979. The highest BCUT2D eigenvalue weighted by Gasteiger charge is 2.37. The van der Waals surface area contributed by atoms with E-state index in [0.29, 0.717) is 0 Å². The van der Waals surface area contributed by atoms with Crippen LogP contribution in [-0.4, -0.2) is 23.7 Å². The molecule has 2 aliphatic rings. The molecule has 2 aliphatic heterocycles. The zero-order valence-electron chi connectivity index (χ0n) is 14.6. The molecule has 0 unspecified atom stereocenters. The number of benzene rings is 2. The van der Waals surface area contributed by atoms with Gasteiger partial charge < -0.3 is 10.1 Å². The summed E-state index contributed by atoms with van der Waals surface area (Å²) in [5.74, 6) is 1.04. The van der Waals surface area contributed by atoms with Crippen molar-refractivity contribution in [2.45, 2.75) is 31.3 Å². The molecule has 3 heterocycles. The zero-order chi connectivity index (χ0) is 17.6. The number of ether oxygens (including phenoxy) is 1. The third-order valence-corrected chi connectivity index (χ3v) is 6.16. The fraction of sp³-hybridized carbons (Fsp3) is 0.318. The number of rotatable bonds is 1. The molecule has 1 spiro atoms. The molecular formula is C22H21ClN2O. The summed E-state index contributed by atoms with van der Waals surface area (Å²) in [5.41, 5.74) is 4.33. The van der Waals surface area contributed by atoms with Gasteiger partial charge in [-0.05, 0) is 68.1 Å². The number of fused-ring (bicyclic) bond motifs is 2. The number of piperidine rings is 1. The normalized spacial score (nSPS) is 18.5. The standard InChI is InChI=1S/C22H21ClN2O/c23-20-18(5-3-15-2-1-11-25-21(15)20)16-4-6-19-17(14-16)7-8-22(26-19)9-12-24-13-10-22/h1-6,11,14,24H,7-10,12-13H2. The minimum absolute atomic E-state index is 0.0320. The Balaban J connectivity index is 1.52. The van der Waals surface area contributed by atoms with Crippen LogP contribution in [0.25, 0.3) is 22.0 Å². The van der Waals surface area contributed by atoms with Crippen LogP contribution in [0.15, 0.2) is 48.7 Å². The first-order valence-electron chi connectivity index (χ1n) is 9.30. The van der Waals surface area contributed by atoms with Crippen molar-refractivity contribution in [2.24, 2.45) is 0 Å². The molecule has 3 nitrogen and oxygen atoms in total. The van der Waals surface area contributed by atoms with Crippen molar-refractivity contribution in [3.05, 3.63) is 59.2 Å². The van der Waals surface area contributed by atoms with Crippen LogP contribution in [0, 0.1) is 0 Å². The highest BCUT2D eigenvalue weighted by atomic mass is 35.5. The maximum Gasteiger partial charge on any atom is 0.123 e. The van der Waals surface area contributed by atoms with Gasteiger partial charge in [-0.1, -0.05) is 35.9 Å². The molecule has 3 aromatic rings. The summed E-state index contributed by atoms with van der Waals surface area (Å²) in [7, 11) is 0. The fourth-order valence-corrected chi connectivity index (χ4v) is 4.59. The van der Waals surface area contributed by atoms with Crippen molar-refractivity contribution < 1.29 is 4.74 Å². The second-order valence-corrected chi connectivity index (χ2v) is 7.74. The minimum Gasteiger partial charge on any atom is -0.487 e. The number of hydrogen-bond acceptors (Lipinski definition) is 3. The van der Waals surface area contributed by atoms with Crippen molar-refractivity contribution >= 4 is 22.5 Å². The third-order valence-electron chi connectivity index (χ3n) is 5.78. The molecule has 4 heteroatoms. The van der Waals surface area contributed by atoms with E-state index in [9.17, 15) is 0 Å². The summed E-state index contributed by atoms with van der Waals surface area (Å²) >= 11 is 6.68. The number of aryl methyl sites for hydroxylation is 1. The Morgan fingerprint density at radius 2 is 1.92 bits per heavy atom. The van der Waals surface area contributed by atoms with Crippen LogP contribution in [0.3, 0.4) is 0 Å². The summed E-state index contributed by atoms with van der Waals surface area (Å²) in [6.45, 7) is 2.10. The second kappa shape index (κ2) is 6.26. The Hall–Kier alpha value is -2.10. The van der Waals surface area contributed by atoms with Crippen molar-refractivity contribution in [1.82, 2.24) is 10.3 Å². The van der Waals surface area contributed by atoms with Gasteiger partial charge in [0.2, 0.25) is 0 Å². The second-order valence-electron chi connectivity index (χ2n) is 7.36. The van der Waals surface area contributed by atoms with Crippen LogP contribution in [-0.2, 0) is 6.42 Å². The van der Waals surface area contributed by atoms with Crippen molar-refractivity contribution in [1.29, 1.82) is 0 Å². The summed E-state index contributed by atoms with van der Waals surface area (Å²) in [5, 5.41) is 5.21. The molecular weight excluding hydrogens is 344 g/mol. The van der Waals surface area contributed by atoms with Gasteiger partial charge in [0, 0.05) is 17.1 Å². The van der Waals surface area contributed by atoms with Gasteiger partial charge in [0.05, 0.1) is 10.5 Å². The van der Waals surface area contributed by atoms with Crippen molar-refractivity contribution in [2.75, 3.05) is 13.1 Å². The molecule has 26 heavy (non-hydrogen) atoms. The summed E-state index contributed by atoms with van der Waals surface area (Å²) in [4.78, 5) is 4.45. The molecule has 1 fully saturated rings. The summed E-state index contributed by atoms with van der Waals surface area (Å²) < 4.78 is 6.47. The topological polar surface area (TPSA) is 34.1 Å². The molecule has 1 N–H and O–H groups in total. The summed E-state index contributed by atoms with van der Waals surface area (Å²) in [6.07, 6.45) is 6.13. The van der Waals surface area contributed by atoms with Gasteiger partial charge in [0.15, 0.2) is 0 Å². The quantitative estimate of drug-likeness (QED) is 0.659. The Morgan fingerprint density at radius 1 is 1.04 bits per heavy atom. The lowest BCUT2D eigenvalue weighted by molar-refractivity contribution is 0.0170. The number of halogens is 1. The van der Waals surface area contributed by atoms with E-state index in [1.54, 1.807) is 6.20 Å². The molecule has 0 saturated carbocycles. The van der Waals surface area contributed by atoms with Gasteiger partial charge in [-0.3, -0.25) is 4.98 Å². The van der Waals surface area contributed by atoms with E-state index in [2.05, 4.69) is 40.6 Å². The number of hydrogen-bond donors (Lipinski definition) is 1. The molecule has 5 rings (SSSR count). The lowest BCUT2D eigenvalue weighted by atomic mass is 9.83. The third kappa shape index (κ3) is 2.67. The van der Waals surface area contributed by atoms with Crippen LogP contribution in [0.5, 0.6) is 5.75 Å². The Morgan fingerprint density at radius 3 is 2.81 bits per heavy atom. The molecule has 132 valence electrons. The van der Waals surface area contributed by atoms with Gasteiger partial charge >= 0.3 is 0 Å². The first-order chi connectivity index (χ1) is 12.7. The highest BCUT2D eigenvalue weighted by molar-refractivity contribution is 6.37. The van der Waals surface area contributed by atoms with Gasteiger partial charge in [-0.2, -0.15) is 0 Å². The predicted molar refractivity (Wildman–Crippen MR) is 106 cm³/mol. The zero-order valence-corrected chi connectivity index (χ0v) is 15.4. The molecule has 0 amide bonds. The maximum atomic E-state index is 6.68. The van der Waals surface area contributed by atoms with Crippen LogP contribution >= 0.6 is 11.6 Å². The Kier molecular flexibility index (Phi) is 3.87. The van der Waals surface area contributed by atoms with Crippen molar-refractivity contribution in [3.63, 3.8) is 0 Å².